The predicted octanol–water partition coefficient (Wildman–Crippen LogP) is 1.86. The zero-order valence-corrected chi connectivity index (χ0v) is 14.1. The van der Waals surface area contributed by atoms with Crippen molar-refractivity contribution in [2.45, 2.75) is 18.9 Å². The van der Waals surface area contributed by atoms with Gasteiger partial charge in [-0.3, -0.25) is 9.36 Å². The Kier molecular flexibility index (Phi) is 3.12. The van der Waals surface area contributed by atoms with Crippen LogP contribution in [0.2, 0.25) is 0 Å². The van der Waals surface area contributed by atoms with Crippen molar-refractivity contribution in [3.63, 3.8) is 0 Å². The SMILES string of the molecule is Cn1cc(-c2cn3nccc3c(-c3cnn(C4CC(C#N)C4)c3)n2)nn1. The Labute approximate surface area is 148 Å². The van der Waals surface area contributed by atoms with Gasteiger partial charge in [-0.2, -0.15) is 15.5 Å². The van der Waals surface area contributed by atoms with Crippen LogP contribution in [-0.2, 0) is 7.05 Å². The molecule has 0 N–H and O–H groups in total. The summed E-state index contributed by atoms with van der Waals surface area (Å²) in [6, 6.07) is 4.52. The minimum Gasteiger partial charge on any atom is -0.269 e. The number of nitriles is 1. The Hall–Kier alpha value is -3.54. The average Bonchev–Trinajstić information content (AvgIpc) is 3.32. The first-order valence-electron chi connectivity index (χ1n) is 8.36. The largest absolute Gasteiger partial charge is 0.269 e. The van der Waals surface area contributed by atoms with Gasteiger partial charge in [-0.25, -0.2) is 9.50 Å². The molecule has 0 bridgehead atoms. The lowest BCUT2D eigenvalue weighted by atomic mass is 9.81. The molecule has 0 spiro atoms. The maximum absolute atomic E-state index is 8.96. The fraction of sp³-hybridized carbons (Fsp3) is 0.294. The van der Waals surface area contributed by atoms with E-state index < -0.39 is 0 Å². The van der Waals surface area contributed by atoms with Crippen molar-refractivity contribution >= 4 is 5.52 Å². The maximum Gasteiger partial charge on any atom is 0.133 e. The number of rotatable bonds is 3. The van der Waals surface area contributed by atoms with E-state index in [4.69, 9.17) is 10.2 Å². The number of hydrogen-bond acceptors (Lipinski definition) is 6. The van der Waals surface area contributed by atoms with Crippen molar-refractivity contribution in [3.8, 4) is 28.7 Å². The molecule has 0 saturated heterocycles. The van der Waals surface area contributed by atoms with E-state index in [1.165, 1.54) is 0 Å². The van der Waals surface area contributed by atoms with E-state index in [1.807, 2.05) is 42.6 Å². The molecule has 9 nitrogen and oxygen atoms in total. The fourth-order valence-electron chi connectivity index (χ4n) is 3.30. The Bertz CT molecular complexity index is 1140. The minimum absolute atomic E-state index is 0.146. The van der Waals surface area contributed by atoms with Crippen LogP contribution in [0, 0.1) is 17.2 Å². The van der Waals surface area contributed by atoms with Crippen molar-refractivity contribution in [1.82, 2.24) is 39.4 Å². The van der Waals surface area contributed by atoms with E-state index in [1.54, 1.807) is 15.4 Å². The molecule has 0 aliphatic heterocycles. The van der Waals surface area contributed by atoms with Crippen molar-refractivity contribution in [2.24, 2.45) is 13.0 Å². The second-order valence-corrected chi connectivity index (χ2v) is 6.57. The molecule has 1 aliphatic rings. The molecular weight excluding hydrogens is 330 g/mol. The molecule has 5 rings (SSSR count). The average molecular weight is 345 g/mol. The molecule has 0 radical (unpaired) electrons. The van der Waals surface area contributed by atoms with Crippen molar-refractivity contribution in [1.29, 1.82) is 5.26 Å². The lowest BCUT2D eigenvalue weighted by Gasteiger charge is -2.30. The van der Waals surface area contributed by atoms with Crippen molar-refractivity contribution in [2.75, 3.05) is 0 Å². The molecule has 9 heteroatoms. The van der Waals surface area contributed by atoms with Gasteiger partial charge in [-0.1, -0.05) is 5.21 Å². The van der Waals surface area contributed by atoms with Gasteiger partial charge in [0.05, 0.1) is 54.0 Å². The number of aromatic nitrogens is 8. The highest BCUT2D eigenvalue weighted by Gasteiger charge is 2.31. The third-order valence-corrected chi connectivity index (χ3v) is 4.80. The summed E-state index contributed by atoms with van der Waals surface area (Å²) in [5, 5.41) is 25.9. The van der Waals surface area contributed by atoms with Crippen LogP contribution in [0.25, 0.3) is 28.2 Å². The van der Waals surface area contributed by atoms with Gasteiger partial charge in [0.2, 0.25) is 0 Å². The summed E-state index contributed by atoms with van der Waals surface area (Å²) in [6.07, 6.45) is 10.9. The number of aryl methyl sites for hydroxylation is 1. The van der Waals surface area contributed by atoms with Crippen LogP contribution in [0.4, 0.5) is 0 Å². The summed E-state index contributed by atoms with van der Waals surface area (Å²) in [4.78, 5) is 4.79. The van der Waals surface area contributed by atoms with Crippen LogP contribution in [-0.4, -0.2) is 39.4 Å². The van der Waals surface area contributed by atoms with Gasteiger partial charge in [0.1, 0.15) is 11.4 Å². The monoisotopic (exact) mass is 345 g/mol. The van der Waals surface area contributed by atoms with E-state index in [9.17, 15) is 0 Å². The summed E-state index contributed by atoms with van der Waals surface area (Å²) in [6.45, 7) is 0. The Morgan fingerprint density at radius 3 is 2.81 bits per heavy atom. The van der Waals surface area contributed by atoms with E-state index in [0.29, 0.717) is 11.4 Å². The van der Waals surface area contributed by atoms with E-state index in [2.05, 4.69) is 26.6 Å². The number of fused-ring (bicyclic) bond motifs is 1. The van der Waals surface area contributed by atoms with Crippen molar-refractivity contribution in [3.05, 3.63) is 37.1 Å². The van der Waals surface area contributed by atoms with Crippen molar-refractivity contribution < 1.29 is 0 Å². The molecule has 4 heterocycles. The summed E-state index contributed by atoms with van der Waals surface area (Å²) in [7, 11) is 1.82. The Balaban J connectivity index is 1.57. The van der Waals surface area contributed by atoms with Crippen LogP contribution < -0.4 is 0 Å². The molecule has 4 aromatic heterocycles. The minimum atomic E-state index is 0.146. The lowest BCUT2D eigenvalue weighted by molar-refractivity contribution is 0.230. The Morgan fingerprint density at radius 1 is 1.15 bits per heavy atom. The van der Waals surface area contributed by atoms with Gasteiger partial charge in [-0.15, -0.1) is 5.10 Å². The van der Waals surface area contributed by atoms with Crippen LogP contribution in [0.1, 0.15) is 18.9 Å². The summed E-state index contributed by atoms with van der Waals surface area (Å²) < 4.78 is 5.37. The highest BCUT2D eigenvalue weighted by Crippen LogP contribution is 2.37. The predicted molar refractivity (Wildman–Crippen MR) is 91.6 cm³/mol. The molecule has 26 heavy (non-hydrogen) atoms. The molecular formula is C17H15N9. The second-order valence-electron chi connectivity index (χ2n) is 6.57. The summed E-state index contributed by atoms with van der Waals surface area (Å²) in [5.41, 5.74) is 4.01. The molecule has 0 atom stereocenters. The highest BCUT2D eigenvalue weighted by atomic mass is 15.4. The first-order chi connectivity index (χ1) is 12.7. The first kappa shape index (κ1) is 14.8. The molecule has 1 fully saturated rings. The van der Waals surface area contributed by atoms with Crippen LogP contribution in [0.3, 0.4) is 0 Å². The standard InChI is InChI=1S/C17H15N9/c1-24-9-15(22-23-24)14-10-26-16(2-3-19-26)17(21-14)12-7-20-25(8-12)13-4-11(5-13)6-18/h2-3,7-11,13H,4-5H2,1H3. The van der Waals surface area contributed by atoms with E-state index in [0.717, 1.165) is 29.6 Å². The van der Waals surface area contributed by atoms with Crippen LogP contribution in [0.15, 0.2) is 37.1 Å². The summed E-state index contributed by atoms with van der Waals surface area (Å²) >= 11 is 0. The zero-order chi connectivity index (χ0) is 17.7. The fourth-order valence-corrected chi connectivity index (χ4v) is 3.30. The van der Waals surface area contributed by atoms with Crippen LogP contribution >= 0.6 is 0 Å². The zero-order valence-electron chi connectivity index (χ0n) is 14.1. The number of nitrogens with zero attached hydrogens (tertiary/aromatic N) is 9. The van der Waals surface area contributed by atoms with Gasteiger partial charge < -0.3 is 0 Å². The Morgan fingerprint density at radius 2 is 2.04 bits per heavy atom. The third kappa shape index (κ3) is 2.27. The smallest absolute Gasteiger partial charge is 0.133 e. The van der Waals surface area contributed by atoms with Gasteiger partial charge >= 0.3 is 0 Å². The van der Waals surface area contributed by atoms with E-state index in [-0.39, 0.29) is 12.0 Å². The molecule has 1 saturated carbocycles. The van der Waals surface area contributed by atoms with E-state index >= 15 is 0 Å². The van der Waals surface area contributed by atoms with Gasteiger partial charge in [0.15, 0.2) is 0 Å². The summed E-state index contributed by atoms with van der Waals surface area (Å²) in [5.74, 6) is 0.146. The van der Waals surface area contributed by atoms with Crippen LogP contribution in [0.5, 0.6) is 0 Å². The van der Waals surface area contributed by atoms with Gasteiger partial charge in [0.25, 0.3) is 0 Å². The normalized spacial score (nSPS) is 19.4. The third-order valence-electron chi connectivity index (χ3n) is 4.80. The number of hydrogen-bond donors (Lipinski definition) is 0. The van der Waals surface area contributed by atoms with Gasteiger partial charge in [-0.05, 0) is 18.9 Å². The quantitative estimate of drug-likeness (QED) is 0.561. The first-order valence-corrected chi connectivity index (χ1v) is 8.36. The van der Waals surface area contributed by atoms with Gasteiger partial charge in [0, 0.05) is 18.8 Å². The molecule has 1 aliphatic carbocycles. The topological polar surface area (TPSA) is 103 Å². The molecule has 4 aromatic rings. The molecule has 128 valence electrons. The molecule has 0 unspecified atom stereocenters. The maximum atomic E-state index is 8.96. The highest BCUT2D eigenvalue weighted by molar-refractivity contribution is 5.77. The second kappa shape index (κ2) is 5.49. The molecule has 0 amide bonds. The lowest BCUT2D eigenvalue weighted by Crippen LogP contribution is -2.25. The molecule has 0 aromatic carbocycles.